The number of furan rings is 1. The van der Waals surface area contributed by atoms with Gasteiger partial charge in [-0.25, -0.2) is 4.39 Å². The second-order valence-corrected chi connectivity index (χ2v) is 4.05. The fraction of sp³-hybridized carbons (Fsp3) is 0.0769. The third-order valence-corrected chi connectivity index (χ3v) is 2.62. The lowest BCUT2D eigenvalue weighted by atomic mass is 10.1. The Morgan fingerprint density at radius 3 is 2.85 bits per heavy atom. The van der Waals surface area contributed by atoms with Crippen LogP contribution in [0, 0.1) is 12.7 Å². The molecule has 2 rings (SSSR count). The van der Waals surface area contributed by atoms with Crippen molar-refractivity contribution in [3.63, 3.8) is 0 Å². The van der Waals surface area contributed by atoms with Crippen molar-refractivity contribution in [2.45, 2.75) is 6.92 Å². The Morgan fingerprint density at radius 1 is 1.50 bits per heavy atom. The van der Waals surface area contributed by atoms with Crippen LogP contribution in [0.3, 0.4) is 0 Å². The number of halogens is 1. The summed E-state index contributed by atoms with van der Waals surface area (Å²) in [7, 11) is 0. The van der Waals surface area contributed by atoms with Crippen LogP contribution < -0.4 is 11.1 Å². The van der Waals surface area contributed by atoms with Gasteiger partial charge in [-0.15, -0.1) is 0 Å². The highest BCUT2D eigenvalue weighted by Crippen LogP contribution is 2.20. The van der Waals surface area contributed by atoms with Crippen LogP contribution in [0.5, 0.6) is 0 Å². The summed E-state index contributed by atoms with van der Waals surface area (Å²) < 4.78 is 18.7. The van der Waals surface area contributed by atoms with E-state index in [2.05, 4.69) is 10.5 Å². The number of benzene rings is 1. The lowest BCUT2D eigenvalue weighted by Crippen LogP contribution is -2.20. The second-order valence-electron chi connectivity index (χ2n) is 4.05. The Kier molecular flexibility index (Phi) is 3.69. The normalized spacial score (nSPS) is 11.4. The summed E-state index contributed by atoms with van der Waals surface area (Å²) >= 11 is 0. The molecule has 1 aromatic carbocycles. The SMILES string of the molecule is Cc1cc(C(=O)Nc2cccc(F)c2/C(N)=N/O)co1. The average molecular weight is 277 g/mol. The van der Waals surface area contributed by atoms with E-state index in [0.29, 0.717) is 5.76 Å². The van der Waals surface area contributed by atoms with Gasteiger partial charge in [0.05, 0.1) is 16.8 Å². The highest BCUT2D eigenvalue weighted by atomic mass is 19.1. The van der Waals surface area contributed by atoms with E-state index in [1.165, 1.54) is 24.5 Å². The zero-order valence-electron chi connectivity index (χ0n) is 10.6. The summed E-state index contributed by atoms with van der Waals surface area (Å²) in [4.78, 5) is 12.0. The fourth-order valence-electron chi connectivity index (χ4n) is 1.70. The zero-order valence-corrected chi connectivity index (χ0v) is 10.6. The number of hydrogen-bond donors (Lipinski definition) is 3. The Labute approximate surface area is 113 Å². The molecule has 0 aliphatic rings. The van der Waals surface area contributed by atoms with Crippen molar-refractivity contribution in [3.05, 3.63) is 53.2 Å². The van der Waals surface area contributed by atoms with Crippen LogP contribution in [0.2, 0.25) is 0 Å². The quantitative estimate of drug-likeness (QED) is 0.346. The fourth-order valence-corrected chi connectivity index (χ4v) is 1.70. The number of nitrogens with one attached hydrogen (secondary N) is 1. The van der Waals surface area contributed by atoms with Crippen LogP contribution >= 0.6 is 0 Å². The van der Waals surface area contributed by atoms with Crippen molar-refractivity contribution < 1.29 is 18.8 Å². The van der Waals surface area contributed by atoms with E-state index in [1.807, 2.05) is 0 Å². The van der Waals surface area contributed by atoms with Crippen LogP contribution in [-0.2, 0) is 0 Å². The van der Waals surface area contributed by atoms with Gasteiger partial charge in [-0.1, -0.05) is 11.2 Å². The lowest BCUT2D eigenvalue weighted by Gasteiger charge is -2.10. The Hall–Kier alpha value is -2.83. The molecule has 1 aromatic heterocycles. The largest absolute Gasteiger partial charge is 0.469 e. The molecule has 0 aliphatic heterocycles. The van der Waals surface area contributed by atoms with Crippen molar-refractivity contribution in [1.29, 1.82) is 0 Å². The van der Waals surface area contributed by atoms with Gasteiger partial charge < -0.3 is 20.7 Å². The summed E-state index contributed by atoms with van der Waals surface area (Å²) in [5.41, 5.74) is 5.62. The highest BCUT2D eigenvalue weighted by Gasteiger charge is 2.16. The van der Waals surface area contributed by atoms with E-state index in [1.54, 1.807) is 6.92 Å². The van der Waals surface area contributed by atoms with Crippen molar-refractivity contribution in [1.82, 2.24) is 0 Å². The minimum absolute atomic E-state index is 0.101. The molecule has 0 saturated heterocycles. The standard InChI is InChI=1S/C13H12FN3O3/c1-7-5-8(6-20-7)13(18)16-10-4-2-3-9(14)11(10)12(15)17-19/h2-6,19H,1H3,(H2,15,17)(H,16,18). The molecule has 0 spiro atoms. The average Bonchev–Trinajstić information content (AvgIpc) is 2.85. The molecule has 1 heterocycles. The van der Waals surface area contributed by atoms with Gasteiger partial charge in [0.15, 0.2) is 5.84 Å². The molecular weight excluding hydrogens is 265 g/mol. The van der Waals surface area contributed by atoms with Gasteiger partial charge in [0.1, 0.15) is 17.8 Å². The molecule has 7 heteroatoms. The van der Waals surface area contributed by atoms with Crippen LogP contribution in [-0.4, -0.2) is 17.0 Å². The number of carbonyl (C=O) groups excluding carboxylic acids is 1. The Bertz CT molecular complexity index is 679. The van der Waals surface area contributed by atoms with Crippen LogP contribution in [0.1, 0.15) is 21.7 Å². The molecular formula is C13H12FN3O3. The first-order valence-electron chi connectivity index (χ1n) is 5.66. The first kappa shape index (κ1) is 13.6. The third-order valence-electron chi connectivity index (χ3n) is 2.62. The van der Waals surface area contributed by atoms with Crippen molar-refractivity contribution >= 4 is 17.4 Å². The topological polar surface area (TPSA) is 101 Å². The van der Waals surface area contributed by atoms with Gasteiger partial charge >= 0.3 is 0 Å². The highest BCUT2D eigenvalue weighted by molar-refractivity contribution is 6.09. The molecule has 0 atom stereocenters. The smallest absolute Gasteiger partial charge is 0.258 e. The molecule has 6 nitrogen and oxygen atoms in total. The van der Waals surface area contributed by atoms with Gasteiger partial charge in [0.2, 0.25) is 0 Å². The molecule has 20 heavy (non-hydrogen) atoms. The maximum Gasteiger partial charge on any atom is 0.258 e. The molecule has 2 aromatic rings. The number of anilines is 1. The molecule has 0 unspecified atom stereocenters. The van der Waals surface area contributed by atoms with Gasteiger partial charge in [-0.3, -0.25) is 4.79 Å². The van der Waals surface area contributed by atoms with Crippen LogP contribution in [0.15, 0.2) is 40.1 Å². The molecule has 0 aliphatic carbocycles. The van der Waals surface area contributed by atoms with Crippen molar-refractivity contribution in [2.24, 2.45) is 10.9 Å². The van der Waals surface area contributed by atoms with Crippen LogP contribution in [0.4, 0.5) is 10.1 Å². The van der Waals surface area contributed by atoms with Gasteiger partial charge in [-0.2, -0.15) is 0 Å². The predicted molar refractivity (Wildman–Crippen MR) is 70.3 cm³/mol. The van der Waals surface area contributed by atoms with Gasteiger partial charge in [-0.05, 0) is 25.1 Å². The molecule has 0 radical (unpaired) electrons. The second kappa shape index (κ2) is 5.43. The van der Waals surface area contributed by atoms with E-state index in [-0.39, 0.29) is 16.8 Å². The van der Waals surface area contributed by atoms with E-state index >= 15 is 0 Å². The van der Waals surface area contributed by atoms with Gasteiger partial charge in [0, 0.05) is 0 Å². The molecule has 0 bridgehead atoms. The summed E-state index contributed by atoms with van der Waals surface area (Å²) in [5.74, 6) is -1.05. The number of rotatable bonds is 3. The van der Waals surface area contributed by atoms with E-state index in [0.717, 1.165) is 6.07 Å². The lowest BCUT2D eigenvalue weighted by molar-refractivity contribution is 0.102. The first-order valence-corrected chi connectivity index (χ1v) is 5.66. The number of oxime groups is 1. The molecule has 0 fully saturated rings. The predicted octanol–water partition coefficient (Wildman–Crippen LogP) is 2.07. The summed E-state index contributed by atoms with van der Waals surface area (Å²) in [6.45, 7) is 1.70. The van der Waals surface area contributed by atoms with E-state index < -0.39 is 17.6 Å². The number of nitrogens with zero attached hydrogens (tertiary/aromatic N) is 1. The minimum Gasteiger partial charge on any atom is -0.469 e. The molecule has 1 amide bonds. The number of hydrogen-bond acceptors (Lipinski definition) is 4. The Morgan fingerprint density at radius 2 is 2.25 bits per heavy atom. The van der Waals surface area contributed by atoms with Crippen LogP contribution in [0.25, 0.3) is 0 Å². The summed E-state index contributed by atoms with van der Waals surface area (Å²) in [5, 5.41) is 13.9. The summed E-state index contributed by atoms with van der Waals surface area (Å²) in [6, 6.07) is 5.53. The number of nitrogens with two attached hydrogens (primary N) is 1. The molecule has 0 saturated carbocycles. The molecule has 4 N–H and O–H groups in total. The molecule has 104 valence electrons. The number of aryl methyl sites for hydroxylation is 1. The van der Waals surface area contributed by atoms with E-state index in [9.17, 15) is 9.18 Å². The van der Waals surface area contributed by atoms with E-state index in [4.69, 9.17) is 15.4 Å². The maximum absolute atomic E-state index is 13.7. The maximum atomic E-state index is 13.7. The Balaban J connectivity index is 2.34. The zero-order chi connectivity index (χ0) is 14.7. The first-order chi connectivity index (χ1) is 9.52. The number of amidine groups is 1. The van der Waals surface area contributed by atoms with Crippen molar-refractivity contribution in [3.8, 4) is 0 Å². The third kappa shape index (κ3) is 2.61. The number of carbonyl (C=O) groups is 1. The number of amides is 1. The monoisotopic (exact) mass is 277 g/mol. The van der Waals surface area contributed by atoms with Crippen molar-refractivity contribution in [2.75, 3.05) is 5.32 Å². The van der Waals surface area contributed by atoms with Gasteiger partial charge in [0.25, 0.3) is 5.91 Å². The minimum atomic E-state index is -0.707. The summed E-state index contributed by atoms with van der Waals surface area (Å²) in [6.07, 6.45) is 1.28.